The quantitative estimate of drug-likeness (QED) is 0.132. The maximum absolute atomic E-state index is 12.5. The van der Waals surface area contributed by atoms with Gasteiger partial charge >= 0.3 is 17.9 Å². The minimum Gasteiger partial charge on any atom is -0.462 e. The molecule has 0 bridgehead atoms. The first kappa shape index (κ1) is 27.7. The molecule has 3 aromatic rings. The van der Waals surface area contributed by atoms with Gasteiger partial charge in [0.25, 0.3) is 0 Å². The lowest BCUT2D eigenvalue weighted by molar-refractivity contribution is -0.145. The molecular weight excluding hydrogens is 488 g/mol. The van der Waals surface area contributed by atoms with Crippen molar-refractivity contribution in [2.45, 2.75) is 13.3 Å². The average molecular weight is 517 g/mol. The number of carbonyl (C=O) groups is 3. The summed E-state index contributed by atoms with van der Waals surface area (Å²) in [6, 6.07) is 19.9. The van der Waals surface area contributed by atoms with Crippen LogP contribution in [0.25, 0.3) is 11.1 Å². The van der Waals surface area contributed by atoms with Gasteiger partial charge in [-0.25, -0.2) is 14.4 Å². The van der Waals surface area contributed by atoms with Crippen LogP contribution in [-0.2, 0) is 30.2 Å². The zero-order valence-corrected chi connectivity index (χ0v) is 21.0. The molecule has 0 unspecified atom stereocenters. The lowest BCUT2D eigenvalue weighted by Crippen LogP contribution is -2.09. The maximum Gasteiger partial charge on any atom is 0.338 e. The van der Waals surface area contributed by atoms with E-state index in [1.807, 2.05) is 43.3 Å². The summed E-state index contributed by atoms with van der Waals surface area (Å²) in [5.41, 5.74) is 4.15. The maximum atomic E-state index is 12.5. The van der Waals surface area contributed by atoms with Gasteiger partial charge in [0.15, 0.2) is 0 Å². The number of rotatable bonds is 13. The Hall–Kier alpha value is -4.85. The van der Waals surface area contributed by atoms with Crippen molar-refractivity contribution in [2.75, 3.05) is 20.2 Å². The third-order valence-electron chi connectivity index (χ3n) is 5.35. The second kappa shape index (κ2) is 14.0. The molecule has 196 valence electrons. The van der Waals surface area contributed by atoms with Gasteiger partial charge in [0.2, 0.25) is 13.6 Å². The van der Waals surface area contributed by atoms with E-state index in [4.69, 9.17) is 23.7 Å². The summed E-state index contributed by atoms with van der Waals surface area (Å²) in [6.07, 6.45) is 2.68. The zero-order valence-electron chi connectivity index (χ0n) is 21.0. The number of carbonyl (C=O) groups excluding carboxylic acids is 3. The Balaban J connectivity index is 1.46. The van der Waals surface area contributed by atoms with Crippen LogP contribution in [0.1, 0.15) is 21.5 Å². The molecule has 0 amide bonds. The van der Waals surface area contributed by atoms with E-state index in [1.54, 1.807) is 30.3 Å². The van der Waals surface area contributed by atoms with Crippen molar-refractivity contribution < 1.29 is 38.1 Å². The van der Waals surface area contributed by atoms with E-state index in [9.17, 15) is 14.4 Å². The van der Waals surface area contributed by atoms with Crippen LogP contribution in [0, 0.1) is 6.92 Å². The smallest absolute Gasteiger partial charge is 0.338 e. The summed E-state index contributed by atoms with van der Waals surface area (Å²) < 4.78 is 25.8. The molecule has 0 saturated heterocycles. The highest BCUT2D eigenvalue weighted by Crippen LogP contribution is 2.23. The summed E-state index contributed by atoms with van der Waals surface area (Å²) in [4.78, 5) is 34.6. The van der Waals surface area contributed by atoms with Crippen LogP contribution in [0.15, 0.2) is 92.0 Å². The van der Waals surface area contributed by atoms with E-state index in [0.29, 0.717) is 23.5 Å². The molecule has 3 rings (SSSR count). The number of hydrogen-bond acceptors (Lipinski definition) is 8. The van der Waals surface area contributed by atoms with Crippen LogP contribution < -0.4 is 9.47 Å². The summed E-state index contributed by atoms with van der Waals surface area (Å²) in [5, 5.41) is 0. The monoisotopic (exact) mass is 516 g/mol. The van der Waals surface area contributed by atoms with Crippen LogP contribution in [0.4, 0.5) is 0 Å². The van der Waals surface area contributed by atoms with Gasteiger partial charge in [-0.15, -0.1) is 0 Å². The topological polar surface area (TPSA) is 97.4 Å². The van der Waals surface area contributed by atoms with Crippen molar-refractivity contribution in [3.63, 3.8) is 0 Å². The second-order valence-electron chi connectivity index (χ2n) is 7.95. The van der Waals surface area contributed by atoms with Crippen LogP contribution in [-0.4, -0.2) is 38.1 Å². The predicted molar refractivity (Wildman–Crippen MR) is 141 cm³/mol. The van der Waals surface area contributed by atoms with E-state index in [1.165, 1.54) is 0 Å². The number of esters is 3. The molecule has 8 nitrogen and oxygen atoms in total. The molecule has 38 heavy (non-hydrogen) atoms. The molecule has 0 atom stereocenters. The largest absolute Gasteiger partial charge is 0.462 e. The molecule has 0 saturated carbocycles. The minimum atomic E-state index is -0.554. The van der Waals surface area contributed by atoms with E-state index in [0.717, 1.165) is 34.4 Å². The summed E-state index contributed by atoms with van der Waals surface area (Å²) in [6.45, 7) is 8.35. The van der Waals surface area contributed by atoms with Crippen LogP contribution >= 0.6 is 0 Å². The van der Waals surface area contributed by atoms with Gasteiger partial charge < -0.3 is 23.7 Å². The fourth-order valence-corrected chi connectivity index (χ4v) is 3.34. The van der Waals surface area contributed by atoms with Gasteiger partial charge in [0.1, 0.15) is 11.5 Å². The lowest BCUT2D eigenvalue weighted by Gasteiger charge is -2.11. The summed E-state index contributed by atoms with van der Waals surface area (Å²) in [7, 11) is 0. The fourth-order valence-electron chi connectivity index (χ4n) is 3.34. The highest BCUT2D eigenvalue weighted by Gasteiger charge is 2.09. The van der Waals surface area contributed by atoms with Crippen molar-refractivity contribution in [3.05, 3.63) is 109 Å². The number of ether oxygens (including phenoxy) is 5. The lowest BCUT2D eigenvalue weighted by atomic mass is 10.0. The molecule has 0 aromatic heterocycles. The Morgan fingerprint density at radius 3 is 1.89 bits per heavy atom. The highest BCUT2D eigenvalue weighted by molar-refractivity contribution is 5.90. The molecule has 8 heteroatoms. The van der Waals surface area contributed by atoms with Gasteiger partial charge in [0.05, 0.1) is 12.2 Å². The summed E-state index contributed by atoms with van der Waals surface area (Å²) >= 11 is 0. The van der Waals surface area contributed by atoms with E-state index < -0.39 is 17.9 Å². The molecule has 0 N–H and O–H groups in total. The van der Waals surface area contributed by atoms with Crippen molar-refractivity contribution >= 4 is 17.9 Å². The number of aryl methyl sites for hydroxylation is 1. The summed E-state index contributed by atoms with van der Waals surface area (Å²) in [5.74, 6) is -0.366. The first-order valence-electron chi connectivity index (χ1n) is 11.7. The molecule has 0 heterocycles. The highest BCUT2D eigenvalue weighted by atomic mass is 16.7. The standard InChI is InChI=1S/C30H28O8/c1-4-28(31)37-19-35-26-13-11-24(12-14-26)23-7-9-25(10-8-23)30(33)34-17-16-22-6-15-27(21(3)18-22)36-20-38-29(32)5-2/h4-15,18H,1-2,16-17,19-20H2,3H3. The van der Waals surface area contributed by atoms with Gasteiger partial charge in [-0.3, -0.25) is 0 Å². The second-order valence-corrected chi connectivity index (χ2v) is 7.95. The van der Waals surface area contributed by atoms with Gasteiger partial charge in [-0.2, -0.15) is 0 Å². The van der Waals surface area contributed by atoms with Crippen LogP contribution in [0.5, 0.6) is 11.5 Å². The van der Waals surface area contributed by atoms with Crippen molar-refractivity contribution in [3.8, 4) is 22.6 Å². The molecule has 0 aliphatic carbocycles. The molecule has 0 fully saturated rings. The Morgan fingerprint density at radius 1 is 0.737 bits per heavy atom. The number of hydrogen-bond donors (Lipinski definition) is 0. The third-order valence-corrected chi connectivity index (χ3v) is 5.35. The van der Waals surface area contributed by atoms with E-state index >= 15 is 0 Å². The van der Waals surface area contributed by atoms with Crippen molar-refractivity contribution in [1.29, 1.82) is 0 Å². The third kappa shape index (κ3) is 8.37. The van der Waals surface area contributed by atoms with Crippen molar-refractivity contribution in [2.24, 2.45) is 0 Å². The van der Waals surface area contributed by atoms with Gasteiger partial charge in [-0.1, -0.05) is 49.6 Å². The van der Waals surface area contributed by atoms with E-state index in [-0.39, 0.29) is 20.2 Å². The molecule has 3 aromatic carbocycles. The molecule has 0 radical (unpaired) electrons. The van der Waals surface area contributed by atoms with Gasteiger partial charge in [-0.05, 0) is 59.5 Å². The Kier molecular flexibility index (Phi) is 10.2. The normalized spacial score (nSPS) is 10.1. The Bertz CT molecular complexity index is 1280. The Labute approximate surface area is 221 Å². The van der Waals surface area contributed by atoms with Crippen LogP contribution in [0.3, 0.4) is 0 Å². The Morgan fingerprint density at radius 2 is 1.32 bits per heavy atom. The average Bonchev–Trinajstić information content (AvgIpc) is 2.94. The predicted octanol–water partition coefficient (Wildman–Crippen LogP) is 5.19. The molecule has 0 aliphatic heterocycles. The molecular formula is C30H28O8. The molecule has 0 aliphatic rings. The fraction of sp³-hybridized carbons (Fsp3) is 0.167. The van der Waals surface area contributed by atoms with Crippen LogP contribution in [0.2, 0.25) is 0 Å². The van der Waals surface area contributed by atoms with Crippen molar-refractivity contribution in [1.82, 2.24) is 0 Å². The molecule has 0 spiro atoms. The van der Waals surface area contributed by atoms with Gasteiger partial charge in [0, 0.05) is 18.6 Å². The van der Waals surface area contributed by atoms with E-state index in [2.05, 4.69) is 13.2 Å². The first-order chi connectivity index (χ1) is 18.4. The zero-order chi connectivity index (χ0) is 27.3. The number of benzene rings is 3. The first-order valence-corrected chi connectivity index (χ1v) is 11.7. The minimum absolute atomic E-state index is 0.198. The SMILES string of the molecule is C=CC(=O)OCOc1ccc(-c2ccc(C(=O)OCCc3ccc(OCOC(=O)C=C)c(C)c3)cc2)cc1.